The molecule has 2 atom stereocenters. The van der Waals surface area contributed by atoms with E-state index in [0.29, 0.717) is 19.4 Å². The van der Waals surface area contributed by atoms with Crippen LogP contribution < -0.4 is 5.32 Å². The Bertz CT molecular complexity index is 1470. The highest BCUT2D eigenvalue weighted by molar-refractivity contribution is 5.76. The van der Waals surface area contributed by atoms with Gasteiger partial charge in [-0.25, -0.2) is 0 Å². The Kier molecular flexibility index (Phi) is 75.4. The van der Waals surface area contributed by atoms with Gasteiger partial charge in [-0.05, 0) is 89.9 Å². The molecule has 0 aliphatic carbocycles. The van der Waals surface area contributed by atoms with Crippen LogP contribution in [0.25, 0.3) is 0 Å². The smallest absolute Gasteiger partial charge is 0.305 e. The van der Waals surface area contributed by atoms with Crippen LogP contribution in [0.1, 0.15) is 438 Å². The number of nitrogens with one attached hydrogen (secondary N) is 1. The van der Waals surface area contributed by atoms with Crippen LogP contribution in [0.3, 0.4) is 0 Å². The third-order valence-electron chi connectivity index (χ3n) is 18.6. The predicted molar refractivity (Wildman–Crippen MR) is 389 cm³/mol. The van der Waals surface area contributed by atoms with E-state index in [1.165, 1.54) is 360 Å². The van der Waals surface area contributed by atoms with E-state index in [4.69, 9.17) is 4.74 Å². The number of aliphatic hydroxyl groups excluding tert-OH is 2. The lowest BCUT2D eigenvalue weighted by Gasteiger charge is -2.20. The first-order chi connectivity index (χ1) is 43.5. The molecule has 0 spiro atoms. The van der Waals surface area contributed by atoms with Crippen LogP contribution in [0.2, 0.25) is 0 Å². The first kappa shape index (κ1) is 85.8. The minimum Gasteiger partial charge on any atom is -0.466 e. The zero-order valence-electron chi connectivity index (χ0n) is 59.5. The van der Waals surface area contributed by atoms with Gasteiger partial charge < -0.3 is 20.3 Å². The molecule has 6 nitrogen and oxygen atoms in total. The molecule has 2 unspecified atom stereocenters. The molecule has 0 aromatic heterocycles. The minimum atomic E-state index is -0.844. The number of amides is 1. The molecular weight excluding hydrogens is 1080 g/mol. The van der Waals surface area contributed by atoms with Gasteiger partial charge in [0.2, 0.25) is 5.91 Å². The lowest BCUT2D eigenvalue weighted by Crippen LogP contribution is -2.45. The molecule has 3 N–H and O–H groups in total. The summed E-state index contributed by atoms with van der Waals surface area (Å²) >= 11 is 0. The monoisotopic (exact) mass is 1230 g/mol. The second kappa shape index (κ2) is 77.3. The fourth-order valence-electron chi connectivity index (χ4n) is 12.5. The maximum Gasteiger partial charge on any atom is 0.305 e. The van der Waals surface area contributed by atoms with E-state index in [1.54, 1.807) is 6.08 Å². The van der Waals surface area contributed by atoms with Gasteiger partial charge in [0.1, 0.15) is 0 Å². The first-order valence-corrected chi connectivity index (χ1v) is 39.9. The summed E-state index contributed by atoms with van der Waals surface area (Å²) in [6, 6.07) is -0.627. The van der Waals surface area contributed by atoms with Crippen molar-refractivity contribution in [2.75, 3.05) is 13.2 Å². The molecule has 6 heteroatoms. The van der Waals surface area contributed by atoms with Gasteiger partial charge in [0.15, 0.2) is 0 Å². The summed E-state index contributed by atoms with van der Waals surface area (Å²) in [5.41, 5.74) is 0. The maximum absolute atomic E-state index is 12.5. The van der Waals surface area contributed by atoms with Crippen molar-refractivity contribution in [3.05, 3.63) is 48.6 Å². The molecule has 0 rings (SSSR count). The van der Waals surface area contributed by atoms with Crippen LogP contribution in [0, 0.1) is 0 Å². The Hall–Kier alpha value is -2.18. The van der Waals surface area contributed by atoms with E-state index in [9.17, 15) is 19.8 Å². The molecule has 0 aliphatic heterocycles. The lowest BCUT2D eigenvalue weighted by molar-refractivity contribution is -0.143. The molecule has 0 aliphatic rings. The molecule has 0 heterocycles. The molecule has 0 saturated heterocycles. The number of carbonyl (C=O) groups excluding carboxylic acids is 2. The molecule has 0 aromatic rings. The Morgan fingerprint density at radius 2 is 0.568 bits per heavy atom. The Balaban J connectivity index is 3.38. The zero-order chi connectivity index (χ0) is 63.5. The molecule has 0 bridgehead atoms. The highest BCUT2D eigenvalue weighted by Gasteiger charge is 2.18. The average molecular weight is 1240 g/mol. The summed E-state index contributed by atoms with van der Waals surface area (Å²) in [7, 11) is 0. The second-order valence-electron chi connectivity index (χ2n) is 27.4. The molecule has 0 saturated carbocycles. The largest absolute Gasteiger partial charge is 0.466 e. The quantitative estimate of drug-likeness (QED) is 0.0320. The van der Waals surface area contributed by atoms with Crippen molar-refractivity contribution < 1.29 is 24.5 Å². The van der Waals surface area contributed by atoms with Crippen LogP contribution in [0.4, 0.5) is 0 Å². The van der Waals surface area contributed by atoms with E-state index in [1.807, 2.05) is 6.08 Å². The highest BCUT2D eigenvalue weighted by Crippen LogP contribution is 2.19. The van der Waals surface area contributed by atoms with Crippen LogP contribution >= 0.6 is 0 Å². The van der Waals surface area contributed by atoms with Crippen LogP contribution in [-0.4, -0.2) is 47.4 Å². The summed E-state index contributed by atoms with van der Waals surface area (Å²) in [6.45, 7) is 4.94. The fourth-order valence-corrected chi connectivity index (χ4v) is 12.5. The van der Waals surface area contributed by atoms with Crippen molar-refractivity contribution >= 4 is 11.9 Å². The second-order valence-corrected chi connectivity index (χ2v) is 27.4. The van der Waals surface area contributed by atoms with Crippen molar-refractivity contribution in [1.82, 2.24) is 5.32 Å². The first-order valence-electron chi connectivity index (χ1n) is 39.9. The average Bonchev–Trinajstić information content (AvgIpc) is 3.60. The fraction of sp³-hybridized carbons (Fsp3) is 0.878. The number of ether oxygens (including phenoxy) is 1. The number of hydrogen-bond acceptors (Lipinski definition) is 5. The Morgan fingerprint density at radius 1 is 0.318 bits per heavy atom. The molecule has 0 fully saturated rings. The number of rotatable bonds is 75. The molecule has 88 heavy (non-hydrogen) atoms. The van der Waals surface area contributed by atoms with Crippen molar-refractivity contribution in [2.45, 2.75) is 450 Å². The van der Waals surface area contributed by atoms with Gasteiger partial charge in [0.25, 0.3) is 0 Å². The van der Waals surface area contributed by atoms with Gasteiger partial charge in [0.05, 0.1) is 25.4 Å². The number of aliphatic hydroxyl groups is 2. The van der Waals surface area contributed by atoms with Gasteiger partial charge in [-0.15, -0.1) is 0 Å². The Labute approximate surface area is 550 Å². The third kappa shape index (κ3) is 72.9. The molecule has 1 amide bonds. The molecular formula is C82H155NO5. The molecule has 0 radical (unpaired) electrons. The van der Waals surface area contributed by atoms with Crippen molar-refractivity contribution in [3.8, 4) is 0 Å². The maximum atomic E-state index is 12.5. The van der Waals surface area contributed by atoms with Crippen molar-refractivity contribution in [3.63, 3.8) is 0 Å². The van der Waals surface area contributed by atoms with Crippen molar-refractivity contribution in [2.24, 2.45) is 0 Å². The van der Waals surface area contributed by atoms with Gasteiger partial charge >= 0.3 is 5.97 Å². The van der Waals surface area contributed by atoms with Gasteiger partial charge in [0, 0.05) is 12.8 Å². The summed E-state index contributed by atoms with van der Waals surface area (Å²) in [5.74, 6) is -0.0505. The van der Waals surface area contributed by atoms with E-state index in [0.717, 1.165) is 51.4 Å². The minimum absolute atomic E-state index is 0.0110. The number of carbonyl (C=O) groups is 2. The zero-order valence-corrected chi connectivity index (χ0v) is 59.5. The van der Waals surface area contributed by atoms with E-state index in [2.05, 4.69) is 55.6 Å². The van der Waals surface area contributed by atoms with Crippen LogP contribution in [0.15, 0.2) is 48.6 Å². The number of hydrogen-bond donors (Lipinski definition) is 3. The Morgan fingerprint density at radius 3 is 0.875 bits per heavy atom. The van der Waals surface area contributed by atoms with E-state index in [-0.39, 0.29) is 18.5 Å². The SMILES string of the molecule is CCCCCCCC/C=C\CCCCCCCC(=O)OCCCCCCCCCCCCCCC/C=C\C/C=C\CCCCCCCCCCCCCCCCCCCC(=O)NC(CO)C(O)/C=C/CCCCCCCCCCCCCCCCCCC. The standard InChI is InChI=1S/C82H155NO5/c1-3-5-7-9-11-13-15-17-19-20-40-43-47-50-54-58-62-66-70-74-80(85)79(78-84)83-81(86)75-71-67-63-59-55-51-48-44-41-38-36-34-32-30-28-26-24-22-21-23-25-27-29-31-33-35-37-39-42-45-49-53-57-61-65-69-73-77-88-82(87)76-72-68-64-60-56-52-46-18-16-14-12-10-8-6-4-2/h18,21,23,27,29,46,70,74,79-80,84-85H,3-17,19-20,22,24-26,28,30-45,47-69,71-73,75-78H2,1-2H3,(H,83,86)/b23-21-,29-27-,46-18-,74-70+. The summed E-state index contributed by atoms with van der Waals surface area (Å²) < 4.78 is 5.50. The van der Waals surface area contributed by atoms with Gasteiger partial charge in [-0.2, -0.15) is 0 Å². The highest BCUT2D eigenvalue weighted by atomic mass is 16.5. The van der Waals surface area contributed by atoms with Crippen molar-refractivity contribution in [1.29, 1.82) is 0 Å². The summed E-state index contributed by atoms with van der Waals surface area (Å²) in [6.07, 6.45) is 102. The molecule has 0 aromatic carbocycles. The molecule has 518 valence electrons. The van der Waals surface area contributed by atoms with Crippen LogP contribution in [-0.2, 0) is 14.3 Å². The number of esters is 1. The normalized spacial score (nSPS) is 12.7. The third-order valence-corrected chi connectivity index (χ3v) is 18.6. The number of unbranched alkanes of at least 4 members (excludes halogenated alkanes) is 58. The summed E-state index contributed by atoms with van der Waals surface area (Å²) in [5, 5.41) is 23.3. The lowest BCUT2D eigenvalue weighted by atomic mass is 10.0. The van der Waals surface area contributed by atoms with Crippen LogP contribution in [0.5, 0.6) is 0 Å². The van der Waals surface area contributed by atoms with Gasteiger partial charge in [-0.1, -0.05) is 383 Å². The topological polar surface area (TPSA) is 95.9 Å². The van der Waals surface area contributed by atoms with E-state index < -0.39 is 12.1 Å². The number of allylic oxidation sites excluding steroid dienone is 7. The predicted octanol–water partition coefficient (Wildman–Crippen LogP) is 26.4. The van der Waals surface area contributed by atoms with E-state index >= 15 is 0 Å². The summed E-state index contributed by atoms with van der Waals surface area (Å²) in [4.78, 5) is 24.6. The van der Waals surface area contributed by atoms with Gasteiger partial charge in [-0.3, -0.25) is 9.59 Å².